The van der Waals surface area contributed by atoms with Crippen LogP contribution in [0.2, 0.25) is 0 Å². The molecule has 0 bridgehead atoms. The number of benzene rings is 2. The maximum Gasteiger partial charge on any atom is 0.229 e. The zero-order chi connectivity index (χ0) is 23.6. The molecule has 2 heterocycles. The summed E-state index contributed by atoms with van der Waals surface area (Å²) in [6, 6.07) is 14.9. The molecular formula is C22H26N8O2S. The lowest BCUT2D eigenvalue weighted by atomic mass is 10.2. The zero-order valence-corrected chi connectivity index (χ0v) is 19.5. The van der Waals surface area contributed by atoms with Crippen LogP contribution in [0.25, 0.3) is 11.0 Å². The van der Waals surface area contributed by atoms with Crippen molar-refractivity contribution in [3.8, 4) is 0 Å². The summed E-state index contributed by atoms with van der Waals surface area (Å²) in [5.41, 5.74) is 4.26. The van der Waals surface area contributed by atoms with E-state index in [1.165, 1.54) is 0 Å². The summed E-state index contributed by atoms with van der Waals surface area (Å²) in [6.45, 7) is 2.91. The van der Waals surface area contributed by atoms with Gasteiger partial charge in [-0.2, -0.15) is 4.98 Å². The second-order valence-electron chi connectivity index (χ2n) is 7.53. The lowest BCUT2D eigenvalue weighted by Crippen LogP contribution is -2.14. The van der Waals surface area contributed by atoms with E-state index in [9.17, 15) is 8.42 Å². The number of sulfonamides is 1. The lowest BCUT2D eigenvalue weighted by Gasteiger charge is -2.19. The summed E-state index contributed by atoms with van der Waals surface area (Å²) in [6.07, 6.45) is 1.68. The second kappa shape index (κ2) is 9.04. The highest BCUT2D eigenvalue weighted by Gasteiger charge is 2.13. The maximum absolute atomic E-state index is 11.2. The molecule has 2 aromatic carbocycles. The van der Waals surface area contributed by atoms with Crippen LogP contribution in [0.1, 0.15) is 12.5 Å². The first kappa shape index (κ1) is 22.5. The fourth-order valence-corrected chi connectivity index (χ4v) is 4.27. The van der Waals surface area contributed by atoms with Crippen LogP contribution < -0.4 is 20.7 Å². The Kier molecular flexibility index (Phi) is 6.16. The van der Waals surface area contributed by atoms with Gasteiger partial charge in [0.2, 0.25) is 21.9 Å². The van der Waals surface area contributed by atoms with Gasteiger partial charge >= 0.3 is 0 Å². The Morgan fingerprint density at radius 1 is 1.09 bits per heavy atom. The van der Waals surface area contributed by atoms with Crippen molar-refractivity contribution in [1.29, 1.82) is 0 Å². The second-order valence-corrected chi connectivity index (χ2v) is 9.14. The van der Waals surface area contributed by atoms with E-state index in [-0.39, 0.29) is 5.75 Å². The smallest absolute Gasteiger partial charge is 0.229 e. The number of hydrogen-bond donors (Lipinski definition) is 3. The van der Waals surface area contributed by atoms with Crippen LogP contribution in [-0.4, -0.2) is 42.0 Å². The SMILES string of the molecule is CCn1c(NC)nc2cc(N(C)c3ccnc(Nc4ccc(CS(N)(=O)=O)cc4)n3)ccc21. The normalized spacial score (nSPS) is 11.5. The van der Waals surface area contributed by atoms with E-state index in [0.29, 0.717) is 17.3 Å². The Morgan fingerprint density at radius 3 is 2.52 bits per heavy atom. The van der Waals surface area contributed by atoms with Gasteiger partial charge in [0, 0.05) is 38.2 Å². The molecule has 0 radical (unpaired) electrons. The number of anilines is 5. The first-order valence-electron chi connectivity index (χ1n) is 10.4. The van der Waals surface area contributed by atoms with Crippen molar-refractivity contribution in [2.75, 3.05) is 29.6 Å². The molecule has 0 unspecified atom stereocenters. The molecule has 0 atom stereocenters. The van der Waals surface area contributed by atoms with Gasteiger partial charge in [-0.3, -0.25) is 0 Å². The predicted octanol–water partition coefficient (Wildman–Crippen LogP) is 3.19. The Hall–Kier alpha value is -3.70. The summed E-state index contributed by atoms with van der Waals surface area (Å²) in [7, 11) is 0.232. The van der Waals surface area contributed by atoms with Crippen molar-refractivity contribution < 1.29 is 8.42 Å². The van der Waals surface area contributed by atoms with Crippen molar-refractivity contribution in [2.24, 2.45) is 5.14 Å². The number of rotatable bonds is 8. The first-order chi connectivity index (χ1) is 15.8. The van der Waals surface area contributed by atoms with E-state index in [4.69, 9.17) is 5.14 Å². The first-order valence-corrected chi connectivity index (χ1v) is 12.1. The van der Waals surface area contributed by atoms with E-state index in [0.717, 1.165) is 34.9 Å². The van der Waals surface area contributed by atoms with Crippen molar-refractivity contribution in [2.45, 2.75) is 19.2 Å². The summed E-state index contributed by atoms with van der Waals surface area (Å²) in [5, 5.41) is 11.4. The number of nitrogens with two attached hydrogens (primary N) is 1. The quantitative estimate of drug-likeness (QED) is 0.361. The molecule has 0 saturated carbocycles. The highest BCUT2D eigenvalue weighted by Crippen LogP contribution is 2.28. The van der Waals surface area contributed by atoms with E-state index < -0.39 is 10.0 Å². The zero-order valence-electron chi connectivity index (χ0n) is 18.6. The minimum atomic E-state index is -3.57. The Balaban J connectivity index is 1.55. The fourth-order valence-electron chi connectivity index (χ4n) is 3.61. The number of imidazole rings is 1. The van der Waals surface area contributed by atoms with Gasteiger partial charge in [0.05, 0.1) is 16.8 Å². The number of hydrogen-bond acceptors (Lipinski definition) is 8. The third-order valence-corrected chi connectivity index (χ3v) is 5.96. The third kappa shape index (κ3) is 5.04. The highest BCUT2D eigenvalue weighted by atomic mass is 32.2. The van der Waals surface area contributed by atoms with Crippen molar-refractivity contribution in [1.82, 2.24) is 19.5 Å². The summed E-state index contributed by atoms with van der Waals surface area (Å²) in [4.78, 5) is 15.5. The van der Waals surface area contributed by atoms with Gasteiger partial charge in [-0.25, -0.2) is 23.5 Å². The van der Waals surface area contributed by atoms with Gasteiger partial charge in [0.1, 0.15) is 5.82 Å². The molecule has 0 fully saturated rings. The Bertz CT molecular complexity index is 1380. The van der Waals surface area contributed by atoms with Crippen LogP contribution in [0.15, 0.2) is 54.7 Å². The van der Waals surface area contributed by atoms with Crippen molar-refractivity contribution in [3.63, 3.8) is 0 Å². The Labute approximate surface area is 192 Å². The van der Waals surface area contributed by atoms with E-state index >= 15 is 0 Å². The van der Waals surface area contributed by atoms with E-state index in [1.807, 2.05) is 37.2 Å². The summed E-state index contributed by atoms with van der Waals surface area (Å²) < 4.78 is 24.6. The van der Waals surface area contributed by atoms with Crippen molar-refractivity contribution in [3.05, 3.63) is 60.3 Å². The fraction of sp³-hybridized carbons (Fsp3) is 0.227. The van der Waals surface area contributed by atoms with Crippen LogP contribution in [-0.2, 0) is 22.3 Å². The summed E-state index contributed by atoms with van der Waals surface area (Å²) in [5.74, 6) is 1.76. The molecule has 2 aromatic heterocycles. The number of aromatic nitrogens is 4. The van der Waals surface area contributed by atoms with Gasteiger partial charge < -0.3 is 20.1 Å². The molecule has 4 N–H and O–H groups in total. The van der Waals surface area contributed by atoms with E-state index in [1.54, 1.807) is 30.5 Å². The number of nitrogens with one attached hydrogen (secondary N) is 2. The number of fused-ring (bicyclic) bond motifs is 1. The third-order valence-electron chi connectivity index (χ3n) is 5.22. The van der Waals surface area contributed by atoms with Crippen LogP contribution in [0.3, 0.4) is 0 Å². The molecule has 0 aliphatic rings. The number of aryl methyl sites for hydroxylation is 1. The Morgan fingerprint density at radius 2 is 1.85 bits per heavy atom. The molecular weight excluding hydrogens is 440 g/mol. The van der Waals surface area contributed by atoms with Gasteiger partial charge in [-0.05, 0) is 48.9 Å². The molecule has 172 valence electrons. The maximum atomic E-state index is 11.2. The largest absolute Gasteiger partial charge is 0.359 e. The molecule has 11 heteroatoms. The predicted molar refractivity (Wildman–Crippen MR) is 132 cm³/mol. The minimum absolute atomic E-state index is 0.208. The molecule has 10 nitrogen and oxygen atoms in total. The lowest BCUT2D eigenvalue weighted by molar-refractivity contribution is 0.597. The van der Waals surface area contributed by atoms with Crippen LogP contribution in [0.5, 0.6) is 0 Å². The number of nitrogens with zero attached hydrogens (tertiary/aromatic N) is 5. The summed E-state index contributed by atoms with van der Waals surface area (Å²) >= 11 is 0. The van der Waals surface area contributed by atoms with E-state index in [2.05, 4.69) is 43.1 Å². The van der Waals surface area contributed by atoms with Crippen LogP contribution >= 0.6 is 0 Å². The molecule has 33 heavy (non-hydrogen) atoms. The average Bonchev–Trinajstić information content (AvgIpc) is 3.16. The molecule has 4 rings (SSSR count). The molecule has 0 spiro atoms. The average molecular weight is 467 g/mol. The highest BCUT2D eigenvalue weighted by molar-refractivity contribution is 7.88. The van der Waals surface area contributed by atoms with Gasteiger partial charge in [0.15, 0.2) is 0 Å². The molecule has 4 aromatic rings. The van der Waals surface area contributed by atoms with Crippen molar-refractivity contribution >= 4 is 50.1 Å². The standard InChI is InChI=1S/C22H26N8O2S/c1-4-30-19-10-9-17(13-18(19)27-22(30)24-2)29(3)20-11-12-25-21(28-20)26-16-7-5-15(6-8-16)14-33(23,31)32/h5-13H,4,14H2,1-3H3,(H,24,27)(H2,23,31,32)(H,25,26,28). The number of primary sulfonamides is 1. The van der Waals surface area contributed by atoms with Gasteiger partial charge in [-0.1, -0.05) is 12.1 Å². The van der Waals surface area contributed by atoms with Gasteiger partial charge in [0.25, 0.3) is 0 Å². The van der Waals surface area contributed by atoms with Gasteiger partial charge in [-0.15, -0.1) is 0 Å². The van der Waals surface area contributed by atoms with Crippen LogP contribution in [0, 0.1) is 0 Å². The van der Waals surface area contributed by atoms with Crippen LogP contribution in [0.4, 0.5) is 29.1 Å². The topological polar surface area (TPSA) is 131 Å². The molecule has 0 aliphatic carbocycles. The molecule has 0 aliphatic heterocycles. The molecule has 0 amide bonds. The monoisotopic (exact) mass is 466 g/mol. The minimum Gasteiger partial charge on any atom is -0.359 e. The molecule has 0 saturated heterocycles.